The maximum Gasteiger partial charge on any atom is 0.0597 e. The van der Waals surface area contributed by atoms with E-state index in [0.717, 1.165) is 32.1 Å². The fourth-order valence-electron chi connectivity index (χ4n) is 7.38. The second-order valence-corrected chi connectivity index (χ2v) is 9.51. The van der Waals surface area contributed by atoms with Crippen LogP contribution in [-0.4, -0.2) is 44.8 Å². The lowest BCUT2D eigenvalue weighted by molar-refractivity contribution is -0.211. The molecule has 0 radical (unpaired) electrons. The van der Waals surface area contributed by atoms with Gasteiger partial charge in [0.2, 0.25) is 0 Å². The molecule has 0 aromatic heterocycles. The standard InChI is InChI=1S/C19H32O4/c1-18-6-5-10(20)7-13(18)14(21)8-11-12-3-4-16(23)19(12,2)9-15(22)17(11)18/h10-17,20-23H,3-9H2,1-2H3/t10-,11-,12?,13?,14+,15+,16-,17?,18-,19-/m0/s1. The van der Waals surface area contributed by atoms with Gasteiger partial charge < -0.3 is 20.4 Å². The monoisotopic (exact) mass is 324 g/mol. The molecule has 0 bridgehead atoms. The van der Waals surface area contributed by atoms with Gasteiger partial charge in [-0.05, 0) is 79.4 Å². The van der Waals surface area contributed by atoms with Crippen molar-refractivity contribution in [1.29, 1.82) is 0 Å². The minimum absolute atomic E-state index is 0.0874. The Bertz CT molecular complexity index is 482. The van der Waals surface area contributed by atoms with E-state index >= 15 is 0 Å². The average Bonchev–Trinajstić information content (AvgIpc) is 2.76. The second kappa shape index (κ2) is 5.17. The molecule has 4 aliphatic carbocycles. The normalized spacial score (nSPS) is 62.3. The molecule has 0 saturated heterocycles. The van der Waals surface area contributed by atoms with Crippen molar-refractivity contribution in [3.05, 3.63) is 0 Å². The maximum atomic E-state index is 11.0. The van der Waals surface area contributed by atoms with Gasteiger partial charge in [0, 0.05) is 0 Å². The van der Waals surface area contributed by atoms with Gasteiger partial charge in [0.25, 0.3) is 0 Å². The number of fused-ring (bicyclic) bond motifs is 5. The van der Waals surface area contributed by atoms with E-state index in [9.17, 15) is 20.4 Å². The molecule has 4 aliphatic rings. The van der Waals surface area contributed by atoms with Gasteiger partial charge >= 0.3 is 0 Å². The van der Waals surface area contributed by atoms with E-state index in [2.05, 4.69) is 13.8 Å². The fourth-order valence-corrected chi connectivity index (χ4v) is 7.38. The van der Waals surface area contributed by atoms with Crippen LogP contribution in [0.2, 0.25) is 0 Å². The highest BCUT2D eigenvalue weighted by Gasteiger charge is 2.64. The van der Waals surface area contributed by atoms with Gasteiger partial charge in [-0.1, -0.05) is 13.8 Å². The Morgan fingerprint density at radius 3 is 2.26 bits per heavy atom. The molecular weight excluding hydrogens is 292 g/mol. The molecule has 4 N–H and O–H groups in total. The highest BCUT2D eigenvalue weighted by Crippen LogP contribution is 2.66. The quantitative estimate of drug-likeness (QED) is 0.547. The number of hydrogen-bond acceptors (Lipinski definition) is 4. The molecule has 3 unspecified atom stereocenters. The van der Waals surface area contributed by atoms with Gasteiger partial charge in [-0.2, -0.15) is 0 Å². The van der Waals surface area contributed by atoms with Gasteiger partial charge in [-0.25, -0.2) is 0 Å². The van der Waals surface area contributed by atoms with Crippen molar-refractivity contribution in [1.82, 2.24) is 0 Å². The van der Waals surface area contributed by atoms with Crippen molar-refractivity contribution < 1.29 is 20.4 Å². The number of aliphatic hydroxyl groups excluding tert-OH is 4. The van der Waals surface area contributed by atoms with Crippen LogP contribution in [0.4, 0.5) is 0 Å². The molecule has 4 nitrogen and oxygen atoms in total. The second-order valence-electron chi connectivity index (χ2n) is 9.51. The van der Waals surface area contributed by atoms with Crippen molar-refractivity contribution >= 4 is 0 Å². The van der Waals surface area contributed by atoms with E-state index in [0.29, 0.717) is 24.7 Å². The third kappa shape index (κ3) is 2.11. The van der Waals surface area contributed by atoms with Gasteiger partial charge in [-0.15, -0.1) is 0 Å². The highest BCUT2D eigenvalue weighted by atomic mass is 16.3. The summed E-state index contributed by atoms with van der Waals surface area (Å²) >= 11 is 0. The van der Waals surface area contributed by atoms with E-state index in [4.69, 9.17) is 0 Å². The Hall–Kier alpha value is -0.160. The number of hydrogen-bond donors (Lipinski definition) is 4. The lowest BCUT2D eigenvalue weighted by Crippen LogP contribution is -2.62. The average molecular weight is 324 g/mol. The Labute approximate surface area is 138 Å². The molecule has 0 aromatic rings. The molecule has 0 aromatic carbocycles. The third-order valence-corrected chi connectivity index (χ3v) is 8.53. The highest BCUT2D eigenvalue weighted by molar-refractivity contribution is 5.13. The SMILES string of the molecule is C[C@]12CC[C@H](O)CC1[C@H](O)C[C@@H]1C2[C@H](O)C[C@@]2(C)C1CC[C@@H]2O. The van der Waals surface area contributed by atoms with Crippen LogP contribution >= 0.6 is 0 Å². The summed E-state index contributed by atoms with van der Waals surface area (Å²) in [4.78, 5) is 0. The van der Waals surface area contributed by atoms with Gasteiger partial charge in [0.05, 0.1) is 24.4 Å². The van der Waals surface area contributed by atoms with E-state index in [1.54, 1.807) is 0 Å². The summed E-state index contributed by atoms with van der Waals surface area (Å²) in [5.41, 5.74) is -0.284. The molecule has 132 valence electrons. The molecule has 4 heteroatoms. The zero-order chi connectivity index (χ0) is 16.6. The molecule has 0 spiro atoms. The predicted molar refractivity (Wildman–Crippen MR) is 86.5 cm³/mol. The zero-order valence-corrected chi connectivity index (χ0v) is 14.4. The van der Waals surface area contributed by atoms with Gasteiger partial charge in [0.15, 0.2) is 0 Å². The van der Waals surface area contributed by atoms with E-state index in [-0.39, 0.29) is 41.0 Å². The first-order valence-electron chi connectivity index (χ1n) is 9.49. The zero-order valence-electron chi connectivity index (χ0n) is 14.4. The van der Waals surface area contributed by atoms with Crippen molar-refractivity contribution in [2.45, 2.75) is 83.2 Å². The van der Waals surface area contributed by atoms with E-state index in [1.165, 1.54) is 0 Å². The van der Waals surface area contributed by atoms with Crippen LogP contribution in [-0.2, 0) is 0 Å². The van der Waals surface area contributed by atoms with Crippen molar-refractivity contribution in [3.8, 4) is 0 Å². The summed E-state index contributed by atoms with van der Waals surface area (Å²) in [6.45, 7) is 4.38. The molecule has 23 heavy (non-hydrogen) atoms. The minimum atomic E-state index is -0.399. The number of rotatable bonds is 0. The van der Waals surface area contributed by atoms with E-state index < -0.39 is 6.10 Å². The first kappa shape index (κ1) is 16.3. The molecule has 4 saturated carbocycles. The lowest BCUT2D eigenvalue weighted by Gasteiger charge is -2.63. The molecule has 4 rings (SSSR count). The van der Waals surface area contributed by atoms with E-state index in [1.807, 2.05) is 0 Å². The first-order valence-corrected chi connectivity index (χ1v) is 9.49. The van der Waals surface area contributed by atoms with Crippen LogP contribution in [0.1, 0.15) is 58.8 Å². The molecule has 4 fully saturated rings. The summed E-state index contributed by atoms with van der Waals surface area (Å²) in [6.07, 6.45) is 4.17. The molecule has 0 amide bonds. The van der Waals surface area contributed by atoms with Crippen LogP contribution in [0.3, 0.4) is 0 Å². The smallest absolute Gasteiger partial charge is 0.0597 e. The summed E-state index contributed by atoms with van der Waals surface area (Å²) in [7, 11) is 0. The Balaban J connectivity index is 1.71. The Morgan fingerprint density at radius 1 is 0.783 bits per heavy atom. The largest absolute Gasteiger partial charge is 0.393 e. The molecule has 10 atom stereocenters. The summed E-state index contributed by atoms with van der Waals surface area (Å²) in [6, 6.07) is 0. The lowest BCUT2D eigenvalue weighted by atomic mass is 9.43. The summed E-state index contributed by atoms with van der Waals surface area (Å²) in [5.74, 6) is 1.00. The topological polar surface area (TPSA) is 80.9 Å². The summed E-state index contributed by atoms with van der Waals surface area (Å²) < 4.78 is 0. The van der Waals surface area contributed by atoms with Crippen LogP contribution < -0.4 is 0 Å². The number of aliphatic hydroxyl groups is 4. The van der Waals surface area contributed by atoms with Crippen molar-refractivity contribution in [3.63, 3.8) is 0 Å². The first-order chi connectivity index (χ1) is 10.8. The molecule has 0 heterocycles. The van der Waals surface area contributed by atoms with Crippen LogP contribution in [0, 0.1) is 34.5 Å². The van der Waals surface area contributed by atoms with Crippen LogP contribution in [0.5, 0.6) is 0 Å². The molecule has 0 aliphatic heterocycles. The predicted octanol–water partition coefficient (Wildman–Crippen LogP) is 1.69. The van der Waals surface area contributed by atoms with Crippen LogP contribution in [0.25, 0.3) is 0 Å². The Morgan fingerprint density at radius 2 is 1.52 bits per heavy atom. The maximum absolute atomic E-state index is 11.0. The van der Waals surface area contributed by atoms with Gasteiger partial charge in [-0.3, -0.25) is 0 Å². The van der Waals surface area contributed by atoms with Gasteiger partial charge in [0.1, 0.15) is 0 Å². The Kier molecular flexibility index (Phi) is 3.67. The van der Waals surface area contributed by atoms with Crippen molar-refractivity contribution in [2.24, 2.45) is 34.5 Å². The molecular formula is C19H32O4. The third-order valence-electron chi connectivity index (χ3n) is 8.53. The summed E-state index contributed by atoms with van der Waals surface area (Å²) in [5, 5.41) is 42.4. The van der Waals surface area contributed by atoms with Crippen LogP contribution in [0.15, 0.2) is 0 Å². The van der Waals surface area contributed by atoms with Crippen molar-refractivity contribution in [2.75, 3.05) is 0 Å². The fraction of sp³-hybridized carbons (Fsp3) is 1.00. The minimum Gasteiger partial charge on any atom is -0.393 e.